The Bertz CT molecular complexity index is 632. The molecule has 2 aliphatic rings. The summed E-state index contributed by atoms with van der Waals surface area (Å²) >= 11 is 0. The second-order valence-corrected chi connectivity index (χ2v) is 6.88. The van der Waals surface area contributed by atoms with Gasteiger partial charge in [-0.05, 0) is 30.9 Å². The maximum atomic E-state index is 13.3. The lowest BCUT2D eigenvalue weighted by atomic mass is 9.53. The minimum absolute atomic E-state index is 0.00944. The Morgan fingerprint density at radius 2 is 1.86 bits per heavy atom. The molecule has 0 radical (unpaired) electrons. The zero-order chi connectivity index (χ0) is 16.0. The van der Waals surface area contributed by atoms with E-state index in [1.807, 2.05) is 62.1 Å². The normalized spacial score (nSPS) is 30.3. The van der Waals surface area contributed by atoms with Crippen molar-refractivity contribution in [3.8, 4) is 0 Å². The van der Waals surface area contributed by atoms with E-state index < -0.39 is 10.8 Å². The summed E-state index contributed by atoms with van der Waals surface area (Å²) in [5.74, 6) is 0.270. The van der Waals surface area contributed by atoms with Gasteiger partial charge in [0.25, 0.3) is 0 Å². The molecule has 0 aromatic heterocycles. The molecule has 116 valence electrons. The van der Waals surface area contributed by atoms with E-state index in [0.29, 0.717) is 6.54 Å². The number of carbonyl (C=O) groups is 2. The van der Waals surface area contributed by atoms with Gasteiger partial charge in [0.05, 0.1) is 5.41 Å². The molecule has 1 aromatic rings. The molecular weight excluding hydrogens is 274 g/mol. The number of likely N-dealkylation sites (tertiary alicyclic amines) is 1. The van der Waals surface area contributed by atoms with Crippen LogP contribution in [0.3, 0.4) is 0 Å². The number of nitrogens with zero attached hydrogens (tertiary/aromatic N) is 1. The zero-order valence-electron chi connectivity index (χ0n) is 13.5. The van der Waals surface area contributed by atoms with Crippen molar-refractivity contribution in [3.05, 3.63) is 48.0 Å². The highest BCUT2D eigenvalue weighted by Crippen LogP contribution is 2.52. The first-order valence-corrected chi connectivity index (χ1v) is 8.03. The zero-order valence-corrected chi connectivity index (χ0v) is 13.5. The van der Waals surface area contributed by atoms with Gasteiger partial charge in [-0.25, -0.2) is 0 Å². The number of ketones is 1. The van der Waals surface area contributed by atoms with Gasteiger partial charge in [-0.15, -0.1) is 0 Å². The van der Waals surface area contributed by atoms with Crippen LogP contribution in [0.25, 0.3) is 0 Å². The van der Waals surface area contributed by atoms with Crippen molar-refractivity contribution in [2.24, 2.45) is 11.3 Å². The van der Waals surface area contributed by atoms with Crippen LogP contribution in [0.5, 0.6) is 0 Å². The predicted octanol–water partition coefficient (Wildman–Crippen LogP) is 2.96. The summed E-state index contributed by atoms with van der Waals surface area (Å²) in [5.41, 5.74) is -0.215. The molecule has 1 heterocycles. The third kappa shape index (κ3) is 1.88. The Morgan fingerprint density at radius 3 is 2.50 bits per heavy atom. The fraction of sp³-hybridized carbons (Fsp3) is 0.474. The second-order valence-electron chi connectivity index (χ2n) is 6.88. The van der Waals surface area contributed by atoms with Crippen LogP contribution in [0, 0.1) is 11.3 Å². The van der Waals surface area contributed by atoms with Crippen LogP contribution in [-0.4, -0.2) is 29.7 Å². The van der Waals surface area contributed by atoms with Crippen LogP contribution < -0.4 is 0 Å². The van der Waals surface area contributed by atoms with Crippen LogP contribution in [0.4, 0.5) is 0 Å². The molecule has 3 nitrogen and oxygen atoms in total. The Kier molecular flexibility index (Phi) is 3.47. The Balaban J connectivity index is 2.24. The van der Waals surface area contributed by atoms with Crippen LogP contribution in [0.15, 0.2) is 42.5 Å². The number of hydrogen-bond donors (Lipinski definition) is 0. The van der Waals surface area contributed by atoms with Crippen molar-refractivity contribution in [1.29, 1.82) is 0 Å². The van der Waals surface area contributed by atoms with Crippen LogP contribution in [0.2, 0.25) is 0 Å². The lowest BCUT2D eigenvalue weighted by Gasteiger charge is -2.53. The molecular formula is C19H23NO2. The van der Waals surface area contributed by atoms with E-state index in [9.17, 15) is 9.59 Å². The monoisotopic (exact) mass is 297 g/mol. The molecule has 0 saturated carbocycles. The highest BCUT2D eigenvalue weighted by atomic mass is 16.2. The van der Waals surface area contributed by atoms with Gasteiger partial charge in [0.1, 0.15) is 0 Å². The van der Waals surface area contributed by atoms with Crippen molar-refractivity contribution in [1.82, 2.24) is 4.90 Å². The van der Waals surface area contributed by atoms with Gasteiger partial charge in [-0.1, -0.05) is 50.3 Å². The van der Waals surface area contributed by atoms with E-state index in [1.54, 1.807) is 6.08 Å². The van der Waals surface area contributed by atoms with Crippen LogP contribution in [-0.2, 0) is 15.0 Å². The van der Waals surface area contributed by atoms with E-state index in [-0.39, 0.29) is 17.6 Å². The average molecular weight is 297 g/mol. The molecule has 0 spiro atoms. The smallest absolute Gasteiger partial charge is 0.237 e. The maximum absolute atomic E-state index is 13.3. The first kappa shape index (κ1) is 15.0. The molecule has 0 N–H and O–H groups in total. The minimum atomic E-state index is -0.701. The molecule has 3 heteroatoms. The molecule has 1 aliphatic heterocycles. The lowest BCUT2D eigenvalue weighted by Crippen LogP contribution is -2.61. The van der Waals surface area contributed by atoms with Crippen molar-refractivity contribution in [2.75, 3.05) is 13.1 Å². The molecule has 22 heavy (non-hydrogen) atoms. The minimum Gasteiger partial charge on any atom is -0.342 e. The third-order valence-corrected chi connectivity index (χ3v) is 5.52. The first-order chi connectivity index (χ1) is 10.4. The summed E-state index contributed by atoms with van der Waals surface area (Å²) in [6.07, 6.45) is 4.35. The molecule has 1 amide bonds. The predicted molar refractivity (Wildman–Crippen MR) is 86.4 cm³/mol. The largest absolute Gasteiger partial charge is 0.342 e. The maximum Gasteiger partial charge on any atom is 0.237 e. The summed E-state index contributed by atoms with van der Waals surface area (Å²) in [6.45, 7) is 7.42. The summed E-state index contributed by atoms with van der Waals surface area (Å²) in [5, 5.41) is 0. The average Bonchev–Trinajstić information content (AvgIpc) is 2.53. The number of fused-ring (bicyclic) bond motifs is 1. The van der Waals surface area contributed by atoms with Crippen molar-refractivity contribution >= 4 is 11.7 Å². The summed E-state index contributed by atoms with van der Waals surface area (Å²) < 4.78 is 0. The Morgan fingerprint density at radius 1 is 1.18 bits per heavy atom. The van der Waals surface area contributed by atoms with Gasteiger partial charge in [0.2, 0.25) is 5.91 Å². The van der Waals surface area contributed by atoms with Crippen molar-refractivity contribution in [3.63, 3.8) is 0 Å². The molecule has 0 unspecified atom stereocenters. The van der Waals surface area contributed by atoms with E-state index in [4.69, 9.17) is 0 Å². The molecule has 3 rings (SSSR count). The Labute approximate surface area is 132 Å². The van der Waals surface area contributed by atoms with E-state index in [0.717, 1.165) is 18.5 Å². The highest BCUT2D eigenvalue weighted by molar-refractivity contribution is 6.02. The first-order valence-electron chi connectivity index (χ1n) is 8.03. The molecule has 2 atom stereocenters. The number of likely N-dealkylation sites (N-methyl/N-ethyl adjacent to an activating group) is 1. The molecule has 1 saturated heterocycles. The fourth-order valence-corrected chi connectivity index (χ4v) is 4.17. The number of rotatable bonds is 2. The molecule has 1 aromatic carbocycles. The summed E-state index contributed by atoms with van der Waals surface area (Å²) in [6, 6.07) is 9.93. The van der Waals surface area contributed by atoms with E-state index in [1.165, 1.54) is 0 Å². The SMILES string of the molecule is CCN1CC[C@H]2C(C)(C)C(=O)C=C[C@]2(c2ccccc2)C1=O. The van der Waals surface area contributed by atoms with Gasteiger partial charge >= 0.3 is 0 Å². The number of carbonyl (C=O) groups excluding carboxylic acids is 2. The van der Waals surface area contributed by atoms with Gasteiger partial charge in [0, 0.05) is 18.5 Å². The van der Waals surface area contributed by atoms with Crippen molar-refractivity contribution < 1.29 is 9.59 Å². The standard InChI is InChI=1S/C19H23NO2/c1-4-20-13-11-15-18(2,3)16(21)10-12-19(15,17(20)22)14-8-6-5-7-9-14/h5-10,12,15H,4,11,13H2,1-3H3/t15-,19+/m0/s1. The number of benzene rings is 1. The van der Waals surface area contributed by atoms with Crippen LogP contribution in [0.1, 0.15) is 32.8 Å². The molecule has 0 bridgehead atoms. The molecule has 1 aliphatic carbocycles. The van der Waals surface area contributed by atoms with Gasteiger partial charge in [0.15, 0.2) is 5.78 Å². The van der Waals surface area contributed by atoms with Crippen LogP contribution >= 0.6 is 0 Å². The topological polar surface area (TPSA) is 37.4 Å². The third-order valence-electron chi connectivity index (χ3n) is 5.52. The number of amides is 1. The van der Waals surface area contributed by atoms with E-state index in [2.05, 4.69) is 0 Å². The number of piperidine rings is 1. The fourth-order valence-electron chi connectivity index (χ4n) is 4.17. The number of hydrogen-bond acceptors (Lipinski definition) is 2. The van der Waals surface area contributed by atoms with Crippen molar-refractivity contribution in [2.45, 2.75) is 32.6 Å². The Hall–Kier alpha value is -1.90. The van der Waals surface area contributed by atoms with Gasteiger partial charge < -0.3 is 4.90 Å². The van der Waals surface area contributed by atoms with Gasteiger partial charge in [-0.2, -0.15) is 0 Å². The highest BCUT2D eigenvalue weighted by Gasteiger charge is 2.58. The number of allylic oxidation sites excluding steroid dienone is 1. The molecule has 1 fully saturated rings. The quantitative estimate of drug-likeness (QED) is 0.841. The second kappa shape index (κ2) is 5.08. The van der Waals surface area contributed by atoms with E-state index >= 15 is 0 Å². The lowest BCUT2D eigenvalue weighted by molar-refractivity contribution is -0.148. The summed E-state index contributed by atoms with van der Waals surface area (Å²) in [4.78, 5) is 27.6. The summed E-state index contributed by atoms with van der Waals surface area (Å²) in [7, 11) is 0. The van der Waals surface area contributed by atoms with Gasteiger partial charge in [-0.3, -0.25) is 9.59 Å².